The van der Waals surface area contributed by atoms with E-state index in [9.17, 15) is 14.3 Å². The number of hydrogen-bond donors (Lipinski definition) is 2. The smallest absolute Gasteiger partial charge is 0.253 e. The van der Waals surface area contributed by atoms with Crippen LogP contribution in [0.4, 0.5) is 4.39 Å². The summed E-state index contributed by atoms with van der Waals surface area (Å²) in [5, 5.41) is 12.3. The van der Waals surface area contributed by atoms with Crippen LogP contribution in [0, 0.1) is 11.2 Å². The molecule has 6 rings (SSSR count). The maximum Gasteiger partial charge on any atom is 0.253 e. The van der Waals surface area contributed by atoms with Crippen molar-refractivity contribution in [1.82, 2.24) is 15.2 Å². The largest absolute Gasteiger partial charge is 0.486 e. The Hall–Kier alpha value is -3.59. The standard InChI is InChI=1S/C33H36FN3O4/c1-22(36-32(39)26-14-30(18-35-17-26)41-29-10-13-40-19-29)23-2-4-24(5-3-23)31(25-6-8-28(34)9-7-25)27-15-33(16-27)20-37(21-33)11-12-38/h2-9,14,17-18,22,29,38H,10-13,15-16,19-21H2,1H3,(H,36,39)/t22-,29-/m1/s1. The van der Waals surface area contributed by atoms with Gasteiger partial charge in [-0.3, -0.25) is 14.7 Å². The number of pyridine rings is 1. The summed E-state index contributed by atoms with van der Waals surface area (Å²) in [6.07, 6.45) is 6.00. The highest BCUT2D eigenvalue weighted by atomic mass is 19.1. The van der Waals surface area contributed by atoms with Crippen molar-refractivity contribution < 1.29 is 23.8 Å². The number of aliphatic hydroxyl groups excluding tert-OH is 1. The van der Waals surface area contributed by atoms with Crippen molar-refractivity contribution in [1.29, 1.82) is 0 Å². The number of carbonyl (C=O) groups excluding carboxylic acids is 1. The molecule has 2 saturated heterocycles. The van der Waals surface area contributed by atoms with Gasteiger partial charge in [-0.2, -0.15) is 0 Å². The van der Waals surface area contributed by atoms with Crippen molar-refractivity contribution in [2.24, 2.45) is 5.41 Å². The average Bonchev–Trinajstić information content (AvgIpc) is 3.45. The fraction of sp³-hybridized carbons (Fsp3) is 0.394. The number of carbonyl (C=O) groups is 1. The fourth-order valence-electron chi connectivity index (χ4n) is 6.35. The first-order chi connectivity index (χ1) is 19.9. The molecule has 1 saturated carbocycles. The number of nitrogens with zero attached hydrogens (tertiary/aromatic N) is 2. The van der Waals surface area contributed by atoms with Gasteiger partial charge in [-0.25, -0.2) is 4.39 Å². The lowest BCUT2D eigenvalue weighted by molar-refractivity contribution is -0.0366. The molecule has 1 amide bonds. The first-order valence-electron chi connectivity index (χ1n) is 14.3. The first kappa shape index (κ1) is 27.6. The molecule has 0 unspecified atom stereocenters. The van der Waals surface area contributed by atoms with E-state index < -0.39 is 0 Å². The molecule has 2 aliphatic heterocycles. The topological polar surface area (TPSA) is 83.9 Å². The van der Waals surface area contributed by atoms with Gasteiger partial charge in [0.05, 0.1) is 37.6 Å². The van der Waals surface area contributed by atoms with Crippen molar-refractivity contribution in [3.63, 3.8) is 0 Å². The van der Waals surface area contributed by atoms with Crippen LogP contribution >= 0.6 is 0 Å². The SMILES string of the molecule is C[C@@H](NC(=O)c1cncc(O[C@@H]2CCOC2)c1)c1ccc(C(=C2CC3(C2)CN(CCO)C3)c2ccc(F)cc2)cc1. The number of allylic oxidation sites excluding steroid dienone is 1. The van der Waals surface area contributed by atoms with Gasteiger partial charge >= 0.3 is 0 Å². The molecule has 8 heteroatoms. The molecule has 1 aromatic heterocycles. The van der Waals surface area contributed by atoms with Crippen molar-refractivity contribution in [2.75, 3.05) is 39.5 Å². The molecular weight excluding hydrogens is 521 g/mol. The Bertz CT molecular complexity index is 1400. The van der Waals surface area contributed by atoms with Gasteiger partial charge in [-0.15, -0.1) is 0 Å². The first-order valence-corrected chi connectivity index (χ1v) is 14.3. The third-order valence-electron chi connectivity index (χ3n) is 8.41. The third kappa shape index (κ3) is 6.05. The minimum Gasteiger partial charge on any atom is -0.486 e. The molecule has 41 heavy (non-hydrogen) atoms. The second kappa shape index (κ2) is 11.7. The van der Waals surface area contributed by atoms with E-state index in [1.54, 1.807) is 18.5 Å². The predicted octanol–water partition coefficient (Wildman–Crippen LogP) is 4.77. The zero-order valence-corrected chi connectivity index (χ0v) is 23.3. The summed E-state index contributed by atoms with van der Waals surface area (Å²) in [7, 11) is 0. The monoisotopic (exact) mass is 557 g/mol. The molecule has 3 aromatic rings. The lowest BCUT2D eigenvalue weighted by atomic mass is 9.59. The Morgan fingerprint density at radius 3 is 2.49 bits per heavy atom. The summed E-state index contributed by atoms with van der Waals surface area (Å²) in [6.45, 7) is 6.15. The van der Waals surface area contributed by atoms with Gasteiger partial charge in [-0.1, -0.05) is 42.0 Å². The van der Waals surface area contributed by atoms with E-state index in [1.165, 1.54) is 17.7 Å². The maximum atomic E-state index is 13.7. The minimum atomic E-state index is -0.249. The fourth-order valence-corrected chi connectivity index (χ4v) is 6.35. The zero-order chi connectivity index (χ0) is 28.4. The summed E-state index contributed by atoms with van der Waals surface area (Å²) in [4.78, 5) is 19.5. The summed E-state index contributed by atoms with van der Waals surface area (Å²) >= 11 is 0. The van der Waals surface area contributed by atoms with Crippen LogP contribution in [0.1, 0.15) is 59.3 Å². The summed E-state index contributed by atoms with van der Waals surface area (Å²) < 4.78 is 25.0. The van der Waals surface area contributed by atoms with Crippen LogP contribution < -0.4 is 10.1 Å². The van der Waals surface area contributed by atoms with Crippen molar-refractivity contribution in [2.45, 2.75) is 38.3 Å². The van der Waals surface area contributed by atoms with Crippen LogP contribution in [0.25, 0.3) is 5.57 Å². The van der Waals surface area contributed by atoms with Gasteiger partial charge in [0.15, 0.2) is 0 Å². The van der Waals surface area contributed by atoms with Gasteiger partial charge in [-0.05, 0) is 60.2 Å². The van der Waals surface area contributed by atoms with Crippen LogP contribution in [-0.2, 0) is 4.74 Å². The van der Waals surface area contributed by atoms with Crippen LogP contribution in [0.5, 0.6) is 5.75 Å². The van der Waals surface area contributed by atoms with E-state index >= 15 is 0 Å². The van der Waals surface area contributed by atoms with Gasteiger partial charge in [0.25, 0.3) is 5.91 Å². The number of aromatic nitrogens is 1. The normalized spacial score (nSPS) is 20.3. The average molecular weight is 558 g/mol. The number of aliphatic hydroxyl groups is 1. The lowest BCUT2D eigenvalue weighted by Crippen LogP contribution is -2.60. The molecule has 2 aromatic carbocycles. The number of benzene rings is 2. The van der Waals surface area contributed by atoms with Crippen LogP contribution in [0.3, 0.4) is 0 Å². The Morgan fingerprint density at radius 2 is 1.83 bits per heavy atom. The van der Waals surface area contributed by atoms with E-state index in [0.29, 0.717) is 29.9 Å². The quantitative estimate of drug-likeness (QED) is 0.395. The minimum absolute atomic E-state index is 0.0116. The Balaban J connectivity index is 1.15. The molecule has 0 radical (unpaired) electrons. The van der Waals surface area contributed by atoms with Crippen molar-refractivity contribution in [3.8, 4) is 5.75 Å². The highest BCUT2D eigenvalue weighted by molar-refractivity contribution is 5.94. The van der Waals surface area contributed by atoms with E-state index in [4.69, 9.17) is 9.47 Å². The maximum absolute atomic E-state index is 13.7. The molecule has 214 valence electrons. The Labute approximate surface area is 240 Å². The van der Waals surface area contributed by atoms with Crippen molar-refractivity contribution >= 4 is 11.5 Å². The summed E-state index contributed by atoms with van der Waals surface area (Å²) in [5.74, 6) is 0.0979. The molecule has 7 nitrogen and oxygen atoms in total. The Morgan fingerprint density at radius 1 is 1.12 bits per heavy atom. The molecule has 0 bridgehead atoms. The van der Waals surface area contributed by atoms with Crippen molar-refractivity contribution in [3.05, 3.63) is 101 Å². The van der Waals surface area contributed by atoms with E-state index in [-0.39, 0.29) is 30.5 Å². The second-order valence-corrected chi connectivity index (χ2v) is 11.6. The van der Waals surface area contributed by atoms with Gasteiger partial charge in [0.2, 0.25) is 0 Å². The molecule has 3 fully saturated rings. The highest BCUT2D eigenvalue weighted by Gasteiger charge is 2.50. The number of amides is 1. The number of nitrogens with one attached hydrogen (secondary N) is 1. The van der Waals surface area contributed by atoms with Gasteiger partial charge in [0, 0.05) is 37.7 Å². The molecule has 1 aliphatic carbocycles. The number of halogens is 1. The lowest BCUT2D eigenvalue weighted by Gasteiger charge is -2.57. The number of hydrogen-bond acceptors (Lipinski definition) is 6. The van der Waals surface area contributed by atoms with E-state index in [0.717, 1.165) is 61.2 Å². The summed E-state index contributed by atoms with van der Waals surface area (Å²) in [5.41, 5.74) is 6.37. The number of β-amino-alcohol motifs (C(OH)–C–C–N with tert-alkyl or cyclic N) is 1. The summed E-state index contributed by atoms with van der Waals surface area (Å²) in [6, 6.07) is 16.5. The van der Waals surface area contributed by atoms with Gasteiger partial charge < -0.3 is 19.9 Å². The predicted molar refractivity (Wildman–Crippen MR) is 154 cm³/mol. The Kier molecular flexibility index (Phi) is 7.88. The second-order valence-electron chi connectivity index (χ2n) is 11.6. The number of rotatable bonds is 9. The zero-order valence-electron chi connectivity index (χ0n) is 23.3. The molecule has 3 heterocycles. The van der Waals surface area contributed by atoms with E-state index in [1.807, 2.05) is 31.2 Å². The molecule has 2 atom stereocenters. The highest BCUT2D eigenvalue weighted by Crippen LogP contribution is 2.54. The third-order valence-corrected chi connectivity index (χ3v) is 8.41. The van der Waals surface area contributed by atoms with Gasteiger partial charge in [0.1, 0.15) is 17.7 Å². The van der Waals surface area contributed by atoms with Crippen LogP contribution in [-0.4, -0.2) is 66.5 Å². The van der Waals surface area contributed by atoms with Crippen LogP contribution in [0.2, 0.25) is 0 Å². The van der Waals surface area contributed by atoms with E-state index in [2.05, 4.69) is 27.3 Å². The molecular formula is C33H36FN3O4. The molecule has 1 spiro atoms. The number of ether oxygens (including phenoxy) is 2. The molecule has 3 aliphatic rings. The molecule has 2 N–H and O–H groups in total. The number of likely N-dealkylation sites (tertiary alicyclic amines) is 1. The van der Waals surface area contributed by atoms with Crippen LogP contribution in [0.15, 0.2) is 72.6 Å².